The monoisotopic (exact) mass is 329 g/mol. The van der Waals surface area contributed by atoms with Crippen molar-refractivity contribution in [3.63, 3.8) is 0 Å². The molecule has 1 saturated carbocycles. The number of hydrogen-bond acceptors (Lipinski definition) is 2. The van der Waals surface area contributed by atoms with E-state index in [1.807, 2.05) is 0 Å². The molecule has 1 aromatic rings. The number of carbonyl (C=O) groups is 1. The lowest BCUT2D eigenvalue weighted by molar-refractivity contribution is -0.124. The molecule has 3 atom stereocenters. The second-order valence-corrected chi connectivity index (χ2v) is 7.74. The fourth-order valence-corrected chi connectivity index (χ4v) is 4.69. The number of aryl methyl sites for hydroxylation is 2. The van der Waals surface area contributed by atoms with Gasteiger partial charge in [0.25, 0.3) is 0 Å². The molecule has 0 aromatic heterocycles. The first-order chi connectivity index (χ1) is 11.5. The van der Waals surface area contributed by atoms with E-state index in [2.05, 4.69) is 37.4 Å². The van der Waals surface area contributed by atoms with Crippen LogP contribution in [0.2, 0.25) is 0 Å². The van der Waals surface area contributed by atoms with Gasteiger partial charge in [-0.1, -0.05) is 37.5 Å². The number of ether oxygens (including phenoxy) is 1. The highest BCUT2D eigenvalue weighted by Gasteiger charge is 2.36. The quantitative estimate of drug-likeness (QED) is 0.879. The molecule has 24 heavy (non-hydrogen) atoms. The van der Waals surface area contributed by atoms with Crippen LogP contribution in [0.3, 0.4) is 0 Å². The van der Waals surface area contributed by atoms with Crippen LogP contribution < -0.4 is 5.32 Å². The van der Waals surface area contributed by atoms with E-state index in [0.29, 0.717) is 5.92 Å². The van der Waals surface area contributed by atoms with E-state index in [9.17, 15) is 4.79 Å². The second kappa shape index (κ2) is 7.69. The summed E-state index contributed by atoms with van der Waals surface area (Å²) in [4.78, 5) is 11.6. The number of amides is 1. The van der Waals surface area contributed by atoms with Gasteiger partial charge in [-0.2, -0.15) is 0 Å². The van der Waals surface area contributed by atoms with E-state index in [1.54, 1.807) is 6.92 Å². The van der Waals surface area contributed by atoms with E-state index < -0.39 is 0 Å². The van der Waals surface area contributed by atoms with Crippen molar-refractivity contribution in [1.29, 1.82) is 0 Å². The molecule has 1 amide bonds. The van der Waals surface area contributed by atoms with Crippen molar-refractivity contribution in [2.24, 2.45) is 5.92 Å². The molecule has 1 saturated heterocycles. The van der Waals surface area contributed by atoms with Gasteiger partial charge in [0.1, 0.15) is 0 Å². The van der Waals surface area contributed by atoms with Crippen molar-refractivity contribution in [1.82, 2.24) is 5.32 Å². The Balaban J connectivity index is 1.83. The Hall–Kier alpha value is -1.35. The van der Waals surface area contributed by atoms with Gasteiger partial charge in [-0.15, -0.1) is 0 Å². The number of nitrogens with one attached hydrogen (secondary N) is 1. The third-order valence-corrected chi connectivity index (χ3v) is 5.80. The Morgan fingerprint density at radius 3 is 2.38 bits per heavy atom. The second-order valence-electron chi connectivity index (χ2n) is 7.74. The minimum Gasteiger partial charge on any atom is -0.370 e. The van der Waals surface area contributed by atoms with Crippen molar-refractivity contribution in [2.75, 3.05) is 0 Å². The SMILES string of the molecule is CC(=O)N[C@H]1C[C@@H](C2CCCCC2)O[C@@H](c2c(C)cccc2C)C1. The average Bonchev–Trinajstić information content (AvgIpc) is 2.55. The van der Waals surface area contributed by atoms with Crippen LogP contribution >= 0.6 is 0 Å². The minimum absolute atomic E-state index is 0.0737. The Morgan fingerprint density at radius 1 is 1.08 bits per heavy atom. The van der Waals surface area contributed by atoms with E-state index in [-0.39, 0.29) is 24.2 Å². The van der Waals surface area contributed by atoms with Gasteiger partial charge in [-0.3, -0.25) is 4.79 Å². The molecule has 2 aliphatic rings. The third kappa shape index (κ3) is 4.00. The largest absolute Gasteiger partial charge is 0.370 e. The van der Waals surface area contributed by atoms with Crippen LogP contribution in [0.15, 0.2) is 18.2 Å². The summed E-state index contributed by atoms with van der Waals surface area (Å²) in [6.07, 6.45) is 8.78. The number of benzene rings is 1. The lowest BCUT2D eigenvalue weighted by Gasteiger charge is -2.41. The van der Waals surface area contributed by atoms with Gasteiger partial charge in [0.05, 0.1) is 12.2 Å². The smallest absolute Gasteiger partial charge is 0.217 e. The summed E-state index contributed by atoms with van der Waals surface area (Å²) in [5.41, 5.74) is 3.92. The van der Waals surface area contributed by atoms with Crippen LogP contribution in [0.25, 0.3) is 0 Å². The highest BCUT2D eigenvalue weighted by Crippen LogP contribution is 2.40. The predicted molar refractivity (Wildman–Crippen MR) is 96.9 cm³/mol. The summed E-state index contributed by atoms with van der Waals surface area (Å²) in [5, 5.41) is 3.17. The Labute approximate surface area is 146 Å². The normalized spacial score (nSPS) is 28.5. The first-order valence-corrected chi connectivity index (χ1v) is 9.53. The molecule has 132 valence electrons. The highest BCUT2D eigenvalue weighted by molar-refractivity contribution is 5.73. The van der Waals surface area contributed by atoms with Crippen LogP contribution in [0, 0.1) is 19.8 Å². The van der Waals surface area contributed by atoms with Gasteiger partial charge in [-0.05, 0) is 62.1 Å². The van der Waals surface area contributed by atoms with Crippen molar-refractivity contribution < 1.29 is 9.53 Å². The maximum absolute atomic E-state index is 11.6. The third-order valence-electron chi connectivity index (χ3n) is 5.80. The van der Waals surface area contributed by atoms with E-state index >= 15 is 0 Å². The Bertz CT molecular complexity index is 557. The van der Waals surface area contributed by atoms with E-state index in [0.717, 1.165) is 12.8 Å². The summed E-state index contributed by atoms with van der Waals surface area (Å²) >= 11 is 0. The van der Waals surface area contributed by atoms with Crippen LogP contribution in [0.1, 0.15) is 74.7 Å². The molecule has 0 spiro atoms. The van der Waals surface area contributed by atoms with Crippen LogP contribution in [-0.4, -0.2) is 18.1 Å². The zero-order valence-corrected chi connectivity index (χ0v) is 15.3. The summed E-state index contributed by atoms with van der Waals surface area (Å²) in [6.45, 7) is 5.96. The van der Waals surface area contributed by atoms with Gasteiger partial charge in [0.2, 0.25) is 5.91 Å². The fraction of sp³-hybridized carbons (Fsp3) is 0.667. The van der Waals surface area contributed by atoms with Crippen molar-refractivity contribution in [2.45, 2.75) is 84.0 Å². The molecule has 2 fully saturated rings. The molecule has 0 radical (unpaired) electrons. The molecule has 0 unspecified atom stereocenters. The molecule has 1 N–H and O–H groups in total. The molecule has 3 rings (SSSR count). The molecule has 3 heteroatoms. The number of hydrogen-bond donors (Lipinski definition) is 1. The molecule has 1 aromatic carbocycles. The van der Waals surface area contributed by atoms with Crippen LogP contribution in [0.5, 0.6) is 0 Å². The molecule has 1 heterocycles. The highest BCUT2D eigenvalue weighted by atomic mass is 16.5. The van der Waals surface area contributed by atoms with Crippen molar-refractivity contribution >= 4 is 5.91 Å². The van der Waals surface area contributed by atoms with Crippen molar-refractivity contribution in [3.05, 3.63) is 34.9 Å². The van der Waals surface area contributed by atoms with Gasteiger partial charge >= 0.3 is 0 Å². The Kier molecular flexibility index (Phi) is 5.60. The summed E-state index contributed by atoms with van der Waals surface area (Å²) in [5.74, 6) is 0.728. The number of rotatable bonds is 3. The lowest BCUT2D eigenvalue weighted by atomic mass is 9.80. The van der Waals surface area contributed by atoms with E-state index in [4.69, 9.17) is 4.74 Å². The fourth-order valence-electron chi connectivity index (χ4n) is 4.69. The standard InChI is InChI=1S/C21H31NO2/c1-14-8-7-9-15(2)21(14)20-13-18(22-16(3)23)12-19(24-20)17-10-5-4-6-11-17/h7-9,17-20H,4-6,10-13H2,1-3H3,(H,22,23)/t18-,19-,20+/m0/s1. The maximum atomic E-state index is 11.6. The molecular formula is C21H31NO2. The zero-order valence-electron chi connectivity index (χ0n) is 15.3. The summed E-state index contributed by atoms with van der Waals surface area (Å²) < 4.78 is 6.63. The molecule has 0 bridgehead atoms. The Morgan fingerprint density at radius 2 is 1.75 bits per heavy atom. The topological polar surface area (TPSA) is 38.3 Å². The molecular weight excluding hydrogens is 298 g/mol. The first-order valence-electron chi connectivity index (χ1n) is 9.53. The van der Waals surface area contributed by atoms with Gasteiger partial charge in [0.15, 0.2) is 0 Å². The molecule has 1 aliphatic carbocycles. The van der Waals surface area contributed by atoms with Crippen molar-refractivity contribution in [3.8, 4) is 0 Å². The molecule has 3 nitrogen and oxygen atoms in total. The molecule has 1 aliphatic heterocycles. The summed E-state index contributed by atoms with van der Waals surface area (Å²) in [7, 11) is 0. The average molecular weight is 329 g/mol. The summed E-state index contributed by atoms with van der Waals surface area (Å²) in [6, 6.07) is 6.68. The lowest BCUT2D eigenvalue weighted by Crippen LogP contribution is -2.45. The predicted octanol–water partition coefficient (Wildman–Crippen LogP) is 4.61. The van der Waals surface area contributed by atoms with Gasteiger partial charge in [0, 0.05) is 13.0 Å². The maximum Gasteiger partial charge on any atom is 0.217 e. The van der Waals surface area contributed by atoms with E-state index in [1.165, 1.54) is 48.8 Å². The van der Waals surface area contributed by atoms with Gasteiger partial charge < -0.3 is 10.1 Å². The zero-order chi connectivity index (χ0) is 17.1. The van der Waals surface area contributed by atoms with Crippen LogP contribution in [-0.2, 0) is 9.53 Å². The first kappa shape index (κ1) is 17.5. The van der Waals surface area contributed by atoms with Gasteiger partial charge in [-0.25, -0.2) is 0 Å². The number of carbonyl (C=O) groups excluding carboxylic acids is 1. The van der Waals surface area contributed by atoms with Crippen LogP contribution in [0.4, 0.5) is 0 Å². The minimum atomic E-state index is 0.0737.